The minimum absolute atomic E-state index is 0.210. The summed E-state index contributed by atoms with van der Waals surface area (Å²) in [6.07, 6.45) is 2.08. The van der Waals surface area contributed by atoms with Crippen LogP contribution in [0.3, 0.4) is 0 Å². The number of aryl methyl sites for hydroxylation is 2. The largest absolute Gasteiger partial charge is 0.494 e. The highest BCUT2D eigenvalue weighted by Crippen LogP contribution is 2.34. The summed E-state index contributed by atoms with van der Waals surface area (Å²) in [6.45, 7) is 6.80. The Balaban J connectivity index is 2.05. The molecular formula is C20H22FNO. The number of H-pyrrole nitrogens is 1. The molecule has 2 nitrogen and oxygen atoms in total. The molecule has 1 N–H and O–H groups in total. The van der Waals surface area contributed by atoms with E-state index in [0.29, 0.717) is 17.7 Å². The fraction of sp³-hybridized carbons (Fsp3) is 0.300. The molecule has 0 saturated heterocycles. The lowest BCUT2D eigenvalue weighted by Crippen LogP contribution is -1.95. The van der Waals surface area contributed by atoms with Crippen LogP contribution < -0.4 is 4.74 Å². The Morgan fingerprint density at radius 2 is 1.83 bits per heavy atom. The summed E-state index contributed by atoms with van der Waals surface area (Å²) in [7, 11) is 0. The van der Waals surface area contributed by atoms with Gasteiger partial charge >= 0.3 is 0 Å². The maximum Gasteiger partial charge on any atom is 0.156 e. The summed E-state index contributed by atoms with van der Waals surface area (Å²) < 4.78 is 20.6. The highest BCUT2D eigenvalue weighted by Gasteiger charge is 2.16. The van der Waals surface area contributed by atoms with Gasteiger partial charge < -0.3 is 9.72 Å². The molecule has 0 atom stereocenters. The summed E-state index contributed by atoms with van der Waals surface area (Å²) in [5, 5.41) is 0.580. The molecule has 3 rings (SSSR count). The molecule has 0 bridgehead atoms. The standard InChI is InChI=1S/C20H22FNO/c1-4-5-11-23-15-9-10-17-16(12-15)19(21)20(22-17)18-13(2)7-6-8-14(18)3/h6-10,12,22H,4-5,11H2,1-3H3. The van der Waals surface area contributed by atoms with Crippen LogP contribution >= 0.6 is 0 Å². The van der Waals surface area contributed by atoms with Crippen LogP contribution in [0.1, 0.15) is 30.9 Å². The first-order valence-corrected chi connectivity index (χ1v) is 8.12. The van der Waals surface area contributed by atoms with Crippen molar-refractivity contribution in [3.63, 3.8) is 0 Å². The molecule has 0 amide bonds. The van der Waals surface area contributed by atoms with E-state index in [0.717, 1.165) is 40.8 Å². The van der Waals surface area contributed by atoms with E-state index in [1.54, 1.807) is 6.07 Å². The summed E-state index contributed by atoms with van der Waals surface area (Å²) in [5.74, 6) is 0.509. The highest BCUT2D eigenvalue weighted by molar-refractivity contribution is 5.89. The molecule has 0 radical (unpaired) electrons. The zero-order chi connectivity index (χ0) is 16.4. The lowest BCUT2D eigenvalue weighted by molar-refractivity contribution is 0.310. The second-order valence-electron chi connectivity index (χ2n) is 5.99. The first-order valence-electron chi connectivity index (χ1n) is 8.12. The SMILES string of the molecule is CCCCOc1ccc2[nH]c(-c3c(C)cccc3C)c(F)c2c1. The average Bonchev–Trinajstić information content (AvgIpc) is 2.84. The van der Waals surface area contributed by atoms with Gasteiger partial charge in [-0.2, -0.15) is 0 Å². The van der Waals surface area contributed by atoms with E-state index >= 15 is 0 Å². The molecule has 3 aromatic rings. The van der Waals surface area contributed by atoms with Gasteiger partial charge in [-0.25, -0.2) is 4.39 Å². The molecule has 23 heavy (non-hydrogen) atoms. The van der Waals surface area contributed by atoms with Crippen LogP contribution in [-0.4, -0.2) is 11.6 Å². The number of fused-ring (bicyclic) bond motifs is 1. The number of aromatic amines is 1. The molecule has 0 fully saturated rings. The molecule has 2 aromatic carbocycles. The van der Waals surface area contributed by atoms with E-state index < -0.39 is 0 Å². The Morgan fingerprint density at radius 1 is 1.09 bits per heavy atom. The number of unbranched alkanes of at least 4 members (excludes halogenated alkanes) is 1. The molecule has 0 aliphatic heterocycles. The van der Waals surface area contributed by atoms with Crippen LogP contribution in [0.2, 0.25) is 0 Å². The minimum Gasteiger partial charge on any atom is -0.494 e. The third kappa shape index (κ3) is 2.96. The number of halogens is 1. The van der Waals surface area contributed by atoms with E-state index in [9.17, 15) is 4.39 Å². The van der Waals surface area contributed by atoms with Crippen molar-refractivity contribution >= 4 is 10.9 Å². The van der Waals surface area contributed by atoms with E-state index in [-0.39, 0.29) is 5.82 Å². The van der Waals surface area contributed by atoms with Crippen LogP contribution in [0.25, 0.3) is 22.2 Å². The number of hydrogen-bond donors (Lipinski definition) is 1. The number of rotatable bonds is 5. The number of ether oxygens (including phenoxy) is 1. The number of nitrogens with one attached hydrogen (secondary N) is 1. The predicted molar refractivity (Wildman–Crippen MR) is 93.6 cm³/mol. The topological polar surface area (TPSA) is 25.0 Å². The van der Waals surface area contributed by atoms with Gasteiger partial charge in [0.1, 0.15) is 5.75 Å². The average molecular weight is 311 g/mol. The first-order chi connectivity index (χ1) is 11.1. The van der Waals surface area contributed by atoms with E-state index in [1.807, 2.05) is 44.2 Å². The molecule has 1 aromatic heterocycles. The maximum absolute atomic E-state index is 15.0. The van der Waals surface area contributed by atoms with Crippen molar-refractivity contribution in [2.45, 2.75) is 33.6 Å². The summed E-state index contributed by atoms with van der Waals surface area (Å²) in [5.41, 5.74) is 4.42. The van der Waals surface area contributed by atoms with E-state index in [4.69, 9.17) is 4.74 Å². The van der Waals surface area contributed by atoms with Gasteiger partial charge in [-0.1, -0.05) is 31.5 Å². The van der Waals surface area contributed by atoms with Crippen LogP contribution in [0.5, 0.6) is 5.75 Å². The van der Waals surface area contributed by atoms with Crippen molar-refractivity contribution in [2.75, 3.05) is 6.61 Å². The highest BCUT2D eigenvalue weighted by atomic mass is 19.1. The summed E-state index contributed by atoms with van der Waals surface area (Å²) >= 11 is 0. The Morgan fingerprint density at radius 3 is 2.52 bits per heavy atom. The molecule has 1 heterocycles. The Bertz CT molecular complexity index is 815. The predicted octanol–water partition coefficient (Wildman–Crippen LogP) is 5.77. The van der Waals surface area contributed by atoms with Crippen molar-refractivity contribution in [1.82, 2.24) is 4.98 Å². The zero-order valence-corrected chi connectivity index (χ0v) is 13.9. The zero-order valence-electron chi connectivity index (χ0n) is 13.9. The normalized spacial score (nSPS) is 11.1. The van der Waals surface area contributed by atoms with Gasteiger partial charge in [-0.15, -0.1) is 0 Å². The van der Waals surface area contributed by atoms with E-state index in [2.05, 4.69) is 11.9 Å². The van der Waals surface area contributed by atoms with Crippen molar-refractivity contribution in [3.8, 4) is 17.0 Å². The van der Waals surface area contributed by atoms with E-state index in [1.165, 1.54) is 0 Å². The molecule has 0 aliphatic carbocycles. The van der Waals surface area contributed by atoms with Crippen molar-refractivity contribution in [1.29, 1.82) is 0 Å². The molecular weight excluding hydrogens is 289 g/mol. The third-order valence-corrected chi connectivity index (χ3v) is 4.20. The second kappa shape index (κ2) is 6.45. The van der Waals surface area contributed by atoms with Gasteiger partial charge in [0.2, 0.25) is 0 Å². The van der Waals surface area contributed by atoms with Gasteiger partial charge in [0, 0.05) is 16.5 Å². The Kier molecular flexibility index (Phi) is 4.37. The van der Waals surface area contributed by atoms with Gasteiger partial charge in [-0.05, 0) is 49.6 Å². The second-order valence-corrected chi connectivity index (χ2v) is 5.99. The monoisotopic (exact) mass is 311 g/mol. The number of aromatic nitrogens is 1. The third-order valence-electron chi connectivity index (χ3n) is 4.20. The molecule has 0 spiro atoms. The maximum atomic E-state index is 15.0. The Hall–Kier alpha value is -2.29. The smallest absolute Gasteiger partial charge is 0.156 e. The van der Waals surface area contributed by atoms with Crippen molar-refractivity contribution < 1.29 is 9.13 Å². The minimum atomic E-state index is -0.210. The summed E-state index contributed by atoms with van der Waals surface area (Å²) in [6, 6.07) is 11.6. The van der Waals surface area contributed by atoms with Crippen LogP contribution in [0.15, 0.2) is 36.4 Å². The van der Waals surface area contributed by atoms with Crippen LogP contribution in [0.4, 0.5) is 4.39 Å². The first kappa shape index (κ1) is 15.6. The van der Waals surface area contributed by atoms with Gasteiger partial charge in [-0.3, -0.25) is 0 Å². The van der Waals surface area contributed by atoms with Gasteiger partial charge in [0.15, 0.2) is 5.82 Å². The fourth-order valence-corrected chi connectivity index (χ4v) is 2.94. The van der Waals surface area contributed by atoms with Crippen LogP contribution in [-0.2, 0) is 0 Å². The molecule has 0 aliphatic rings. The molecule has 0 unspecified atom stereocenters. The molecule has 0 saturated carbocycles. The van der Waals surface area contributed by atoms with Gasteiger partial charge in [0.25, 0.3) is 0 Å². The van der Waals surface area contributed by atoms with Crippen molar-refractivity contribution in [3.05, 3.63) is 53.3 Å². The van der Waals surface area contributed by atoms with Crippen molar-refractivity contribution in [2.24, 2.45) is 0 Å². The molecule has 120 valence electrons. The lowest BCUT2D eigenvalue weighted by Gasteiger charge is -2.07. The number of benzene rings is 2. The lowest BCUT2D eigenvalue weighted by atomic mass is 10.00. The Labute approximate surface area is 136 Å². The fourth-order valence-electron chi connectivity index (χ4n) is 2.94. The van der Waals surface area contributed by atoms with Crippen LogP contribution in [0, 0.1) is 19.7 Å². The molecule has 3 heteroatoms. The number of hydrogen-bond acceptors (Lipinski definition) is 1. The quantitative estimate of drug-likeness (QED) is 0.594. The summed E-state index contributed by atoms with van der Waals surface area (Å²) in [4.78, 5) is 3.23. The van der Waals surface area contributed by atoms with Gasteiger partial charge in [0.05, 0.1) is 12.3 Å².